The molecule has 1 aliphatic rings. The first-order valence-electron chi connectivity index (χ1n) is 4.99. The molecule has 0 aromatic heterocycles. The van der Waals surface area contributed by atoms with E-state index >= 15 is 0 Å². The van der Waals surface area contributed by atoms with Gasteiger partial charge in [0.05, 0.1) is 10.4 Å². The van der Waals surface area contributed by atoms with Gasteiger partial charge in [-0.15, -0.1) is 0 Å². The Bertz CT molecular complexity index is 216. The van der Waals surface area contributed by atoms with Crippen LogP contribution in [0.1, 0.15) is 27.2 Å². The van der Waals surface area contributed by atoms with Crippen LogP contribution in [0.15, 0.2) is 0 Å². The van der Waals surface area contributed by atoms with Crippen molar-refractivity contribution in [3.63, 3.8) is 0 Å². The second kappa shape index (κ2) is 4.62. The quantitative estimate of drug-likeness (QED) is 0.676. The lowest BCUT2D eigenvalue weighted by atomic mass is 10.1. The number of hydrogen-bond acceptors (Lipinski definition) is 2. The van der Waals surface area contributed by atoms with Crippen molar-refractivity contribution in [1.82, 2.24) is 4.90 Å². The van der Waals surface area contributed by atoms with E-state index in [1.807, 2.05) is 25.7 Å². The second-order valence-corrected chi connectivity index (χ2v) is 5.71. The van der Waals surface area contributed by atoms with E-state index in [2.05, 4.69) is 15.9 Å². The van der Waals surface area contributed by atoms with Gasteiger partial charge in [-0.05, 0) is 27.2 Å². The zero-order valence-electron chi connectivity index (χ0n) is 9.05. The van der Waals surface area contributed by atoms with Gasteiger partial charge in [-0.3, -0.25) is 4.79 Å². The summed E-state index contributed by atoms with van der Waals surface area (Å²) in [5.74, 6) is 0.156. The lowest BCUT2D eigenvalue weighted by Gasteiger charge is -2.29. The molecule has 1 heterocycles. The standard InChI is InChI=1S/C10H18BrNO2/c1-8(11)9(13)12-5-4-6-14-10(2,3)7-12/h8H,4-7H2,1-3H3. The van der Waals surface area contributed by atoms with Gasteiger partial charge in [-0.25, -0.2) is 0 Å². The lowest BCUT2D eigenvalue weighted by Crippen LogP contribution is -2.44. The molecule has 1 rings (SSSR count). The summed E-state index contributed by atoms with van der Waals surface area (Å²) in [5.41, 5.74) is -0.214. The Morgan fingerprint density at radius 1 is 1.57 bits per heavy atom. The highest BCUT2D eigenvalue weighted by Gasteiger charge is 2.29. The van der Waals surface area contributed by atoms with Crippen molar-refractivity contribution in [3.8, 4) is 0 Å². The van der Waals surface area contributed by atoms with Crippen LogP contribution < -0.4 is 0 Å². The smallest absolute Gasteiger partial charge is 0.236 e. The second-order valence-electron chi connectivity index (χ2n) is 4.34. The average molecular weight is 264 g/mol. The summed E-state index contributed by atoms with van der Waals surface area (Å²) in [6, 6.07) is 0. The Morgan fingerprint density at radius 2 is 2.21 bits per heavy atom. The molecule has 1 saturated heterocycles. The number of rotatable bonds is 1. The van der Waals surface area contributed by atoms with Gasteiger partial charge < -0.3 is 9.64 Å². The maximum Gasteiger partial charge on any atom is 0.236 e. The summed E-state index contributed by atoms with van der Waals surface area (Å²) in [5, 5.41) is 0. The van der Waals surface area contributed by atoms with Crippen LogP contribution in [0.25, 0.3) is 0 Å². The van der Waals surface area contributed by atoms with Gasteiger partial charge >= 0.3 is 0 Å². The largest absolute Gasteiger partial charge is 0.374 e. The minimum atomic E-state index is -0.214. The zero-order chi connectivity index (χ0) is 10.8. The molecule has 0 aromatic rings. The average Bonchev–Trinajstić information content (AvgIpc) is 2.24. The molecule has 1 fully saturated rings. The Morgan fingerprint density at radius 3 is 2.79 bits per heavy atom. The fraction of sp³-hybridized carbons (Fsp3) is 0.900. The Labute approximate surface area is 93.9 Å². The zero-order valence-corrected chi connectivity index (χ0v) is 10.6. The minimum Gasteiger partial charge on any atom is -0.374 e. The van der Waals surface area contributed by atoms with E-state index in [4.69, 9.17) is 4.74 Å². The summed E-state index contributed by atoms with van der Waals surface area (Å²) >= 11 is 3.31. The topological polar surface area (TPSA) is 29.5 Å². The normalized spacial score (nSPS) is 24.1. The first kappa shape index (κ1) is 12.0. The maximum atomic E-state index is 11.8. The molecule has 0 aromatic carbocycles. The Kier molecular flexibility index (Phi) is 3.95. The van der Waals surface area contributed by atoms with Crippen LogP contribution >= 0.6 is 15.9 Å². The van der Waals surface area contributed by atoms with Crippen LogP contribution in [0.2, 0.25) is 0 Å². The van der Waals surface area contributed by atoms with E-state index in [0.717, 1.165) is 19.6 Å². The van der Waals surface area contributed by atoms with Crippen molar-refractivity contribution < 1.29 is 9.53 Å². The molecule has 82 valence electrons. The number of carbonyl (C=O) groups excluding carboxylic acids is 1. The van der Waals surface area contributed by atoms with E-state index in [9.17, 15) is 4.79 Å². The van der Waals surface area contributed by atoms with Gasteiger partial charge in [0.2, 0.25) is 5.91 Å². The Hall–Kier alpha value is -0.0900. The molecule has 1 amide bonds. The summed E-state index contributed by atoms with van der Waals surface area (Å²) in [6.45, 7) is 8.14. The third-order valence-electron chi connectivity index (χ3n) is 2.29. The molecular formula is C10H18BrNO2. The molecular weight excluding hydrogens is 246 g/mol. The molecule has 1 atom stereocenters. The number of halogens is 1. The van der Waals surface area contributed by atoms with Gasteiger partial charge in [0, 0.05) is 19.7 Å². The molecule has 0 spiro atoms. The predicted octanol–water partition coefficient (Wildman–Crippen LogP) is 1.80. The third-order valence-corrected chi connectivity index (χ3v) is 2.68. The van der Waals surface area contributed by atoms with Gasteiger partial charge in [0.25, 0.3) is 0 Å². The molecule has 0 N–H and O–H groups in total. The fourth-order valence-electron chi connectivity index (χ4n) is 1.63. The molecule has 0 aliphatic carbocycles. The highest BCUT2D eigenvalue weighted by molar-refractivity contribution is 9.10. The molecule has 4 heteroatoms. The van der Waals surface area contributed by atoms with Gasteiger partial charge in [0.15, 0.2) is 0 Å². The number of nitrogens with zero attached hydrogens (tertiary/aromatic N) is 1. The molecule has 0 radical (unpaired) electrons. The number of amides is 1. The van der Waals surface area contributed by atoms with Crippen LogP contribution in [-0.4, -0.2) is 40.9 Å². The maximum absolute atomic E-state index is 11.8. The van der Waals surface area contributed by atoms with Crippen LogP contribution in [-0.2, 0) is 9.53 Å². The highest BCUT2D eigenvalue weighted by Crippen LogP contribution is 2.18. The van der Waals surface area contributed by atoms with E-state index in [1.165, 1.54) is 0 Å². The van der Waals surface area contributed by atoms with Crippen LogP contribution in [0, 0.1) is 0 Å². The number of hydrogen-bond donors (Lipinski definition) is 0. The lowest BCUT2D eigenvalue weighted by molar-refractivity contribution is -0.132. The summed E-state index contributed by atoms with van der Waals surface area (Å²) < 4.78 is 5.64. The summed E-state index contributed by atoms with van der Waals surface area (Å²) in [7, 11) is 0. The van der Waals surface area contributed by atoms with Gasteiger partial charge in [-0.2, -0.15) is 0 Å². The van der Waals surface area contributed by atoms with Crippen LogP contribution in [0.3, 0.4) is 0 Å². The third kappa shape index (κ3) is 3.24. The first-order valence-corrected chi connectivity index (χ1v) is 5.91. The monoisotopic (exact) mass is 263 g/mol. The van der Waals surface area contributed by atoms with Crippen molar-refractivity contribution in [1.29, 1.82) is 0 Å². The Balaban J connectivity index is 2.64. The molecule has 1 unspecified atom stereocenters. The SMILES string of the molecule is CC(Br)C(=O)N1CCCOC(C)(C)C1. The van der Waals surface area contributed by atoms with E-state index in [1.54, 1.807) is 0 Å². The number of ether oxygens (including phenoxy) is 1. The van der Waals surface area contributed by atoms with Gasteiger partial charge in [0.1, 0.15) is 0 Å². The summed E-state index contributed by atoms with van der Waals surface area (Å²) in [6.07, 6.45) is 0.925. The van der Waals surface area contributed by atoms with Crippen molar-refractivity contribution in [2.24, 2.45) is 0 Å². The van der Waals surface area contributed by atoms with Crippen molar-refractivity contribution in [3.05, 3.63) is 0 Å². The fourth-order valence-corrected chi connectivity index (χ4v) is 1.92. The minimum absolute atomic E-state index is 0.101. The van der Waals surface area contributed by atoms with Crippen molar-refractivity contribution >= 4 is 21.8 Å². The highest BCUT2D eigenvalue weighted by atomic mass is 79.9. The van der Waals surface area contributed by atoms with Crippen molar-refractivity contribution in [2.75, 3.05) is 19.7 Å². The van der Waals surface area contributed by atoms with Gasteiger partial charge in [-0.1, -0.05) is 15.9 Å². The van der Waals surface area contributed by atoms with Crippen LogP contribution in [0.5, 0.6) is 0 Å². The molecule has 1 aliphatic heterocycles. The molecule has 3 nitrogen and oxygen atoms in total. The van der Waals surface area contributed by atoms with E-state index < -0.39 is 0 Å². The predicted molar refractivity (Wildman–Crippen MR) is 59.6 cm³/mol. The summed E-state index contributed by atoms with van der Waals surface area (Å²) in [4.78, 5) is 13.5. The number of carbonyl (C=O) groups is 1. The molecule has 0 bridgehead atoms. The molecule has 14 heavy (non-hydrogen) atoms. The first-order chi connectivity index (χ1) is 6.42. The molecule has 0 saturated carbocycles. The van der Waals surface area contributed by atoms with Crippen molar-refractivity contribution in [2.45, 2.75) is 37.6 Å². The number of alkyl halides is 1. The van der Waals surface area contributed by atoms with Crippen LogP contribution in [0.4, 0.5) is 0 Å². The van der Waals surface area contributed by atoms with E-state index in [-0.39, 0.29) is 16.3 Å². The van der Waals surface area contributed by atoms with E-state index in [0.29, 0.717) is 6.54 Å².